The molecule has 0 bridgehead atoms. The molecule has 0 aromatic rings. The number of carboxylic acid groups (broad SMARTS) is 2. The maximum absolute atomic E-state index is 13.3. The van der Waals surface area contributed by atoms with Gasteiger partial charge in [0.1, 0.15) is 97.5 Å². The van der Waals surface area contributed by atoms with Crippen molar-refractivity contribution in [2.24, 2.45) is 0 Å². The quantitative estimate of drug-likeness (QED) is 0.0262. The van der Waals surface area contributed by atoms with Crippen molar-refractivity contribution in [1.82, 2.24) is 9.44 Å². The van der Waals surface area contributed by atoms with Gasteiger partial charge in [-0.25, -0.2) is 34.7 Å². The van der Waals surface area contributed by atoms with Crippen LogP contribution in [0.4, 0.5) is 0 Å². The van der Waals surface area contributed by atoms with Crippen molar-refractivity contribution in [3.63, 3.8) is 0 Å². The van der Waals surface area contributed by atoms with Crippen LogP contribution in [-0.4, -0.2) is 347 Å². The lowest BCUT2D eigenvalue weighted by Crippen LogP contribution is -2.70. The fourth-order valence-electron chi connectivity index (χ4n) is 10.2. The first-order valence-corrected chi connectivity index (χ1v) is 36.4. The molecule has 25 atom stereocenters. The van der Waals surface area contributed by atoms with Crippen LogP contribution in [-0.2, 0) is 189 Å². The third-order valence-electron chi connectivity index (χ3n) is 13.6. The van der Waals surface area contributed by atoms with E-state index in [4.69, 9.17) is 75.2 Å². The van der Waals surface area contributed by atoms with Gasteiger partial charge in [-0.2, -0.15) is 76.8 Å². The number of aliphatic hydroxyl groups is 1. The highest BCUT2D eigenvalue weighted by molar-refractivity contribution is 7.84. The van der Waals surface area contributed by atoms with Gasteiger partial charge >= 0.3 is 94.9 Å². The highest BCUT2D eigenvalue weighted by atomic mass is 32.3. The Bertz CT molecular complexity index is 3590. The lowest BCUT2D eigenvalue weighted by molar-refractivity contribution is -0.383. The molecule has 0 aromatic carbocycles. The highest BCUT2D eigenvalue weighted by Crippen LogP contribution is 2.41. The monoisotopic (exact) mass is 1580 g/mol. The van der Waals surface area contributed by atoms with Gasteiger partial charge in [-0.15, -0.1) is 0 Å². The molecule has 0 spiro atoms. The molecule has 5 saturated heterocycles. The van der Waals surface area contributed by atoms with Gasteiger partial charge < -0.3 is 86.4 Å². The van der Waals surface area contributed by atoms with Crippen molar-refractivity contribution in [3.05, 3.63) is 0 Å². The number of nitrogens with one attached hydrogen (secondary N) is 2. The smallest absolute Gasteiger partial charge is 0.397 e. The first kappa shape index (κ1) is 83.9. The van der Waals surface area contributed by atoms with Gasteiger partial charge in [0.15, 0.2) is 55.9 Å². The molecular formula is C36H62N2O50S8. The summed E-state index contributed by atoms with van der Waals surface area (Å²) in [5.74, 6) is -4.57. The van der Waals surface area contributed by atoms with E-state index < -0.39 is 268 Å². The fourth-order valence-corrected chi connectivity index (χ4v) is 13.8. The van der Waals surface area contributed by atoms with Gasteiger partial charge in [-0.3, -0.25) is 36.4 Å². The van der Waals surface area contributed by atoms with Crippen LogP contribution in [0.3, 0.4) is 0 Å². The number of hydrogen-bond donors (Lipinski definition) is 13. The fraction of sp³-hybridized carbons (Fsp3) is 0.944. The maximum Gasteiger partial charge on any atom is 0.397 e. The zero-order valence-electron chi connectivity index (χ0n) is 48.7. The third kappa shape index (κ3) is 23.9. The summed E-state index contributed by atoms with van der Waals surface area (Å²) in [5.41, 5.74) is 0. The molecule has 96 heavy (non-hydrogen) atoms. The molecule has 60 heteroatoms. The average Bonchev–Trinajstić information content (AvgIpc) is 0.426. The van der Waals surface area contributed by atoms with Crippen molar-refractivity contribution < 1.29 is 225 Å². The Hall–Kier alpha value is -2.74. The summed E-state index contributed by atoms with van der Waals surface area (Å²) in [6.45, 7) is -4.62. The van der Waals surface area contributed by atoms with Crippen molar-refractivity contribution in [1.29, 1.82) is 0 Å². The van der Waals surface area contributed by atoms with E-state index >= 15 is 0 Å². The molecule has 0 amide bonds. The van der Waals surface area contributed by atoms with E-state index in [1.807, 2.05) is 0 Å². The second kappa shape index (κ2) is 33.1. The van der Waals surface area contributed by atoms with Crippen molar-refractivity contribution in [2.75, 3.05) is 62.5 Å². The van der Waals surface area contributed by atoms with Crippen LogP contribution in [0.25, 0.3) is 0 Å². The predicted molar refractivity (Wildman–Crippen MR) is 284 cm³/mol. The summed E-state index contributed by atoms with van der Waals surface area (Å²) in [5, 5.41) is 32.1. The van der Waals surface area contributed by atoms with Gasteiger partial charge in [0, 0.05) is 42.7 Å². The van der Waals surface area contributed by atoms with E-state index in [1.54, 1.807) is 4.72 Å². The van der Waals surface area contributed by atoms with E-state index in [-0.39, 0.29) is 0 Å². The standard InChI is InChI=1S/C36H62N2O50S8/c1-68-15-10(7-74-91(50,51)52)78-33(14(19(15)70-3)38-90(47,48)49)82-22-20(71-4)27(73-6)34(84-25(22)30(39)40)81-17-12(9-76-93(56,57)58)79-35(29(88-96(65,66)67)24(17)86-94(59,60)61)83-23-21(72-5)28(87-95(62,63)64)36(85-26(23)31(41)42)80-16-11(8-75-92(53,54)55)77-32(43)13(18(16)69-2)37-89(44,45)46/h10-29,32-38,43H,7-9H2,1-6H3,(H,39,40)(H,41,42)(H,44,45,46)(H,47,48,49)(H,50,51,52)(H,53,54,55)(H,56,57,58)(H,59,60,61)(H,62,63,64)(H,65,66,67)/t10-,11-,12-,13-,14+,15+,16+,17+,18-,19?,20-,21-,22-,23-,24-,25+,26-,27+,28+,29+,32-,33+,34+,35-,36+/m0/s1. The van der Waals surface area contributed by atoms with Gasteiger partial charge in [0.2, 0.25) is 0 Å². The van der Waals surface area contributed by atoms with E-state index in [1.165, 1.54) is 4.72 Å². The Morgan fingerprint density at radius 2 is 0.625 bits per heavy atom. The molecule has 5 heterocycles. The van der Waals surface area contributed by atoms with E-state index in [0.29, 0.717) is 14.2 Å². The molecule has 564 valence electrons. The normalized spacial score (nSPS) is 37.3. The third-order valence-corrected chi connectivity index (χ3v) is 17.4. The molecule has 5 aliphatic rings. The first-order chi connectivity index (χ1) is 43.9. The molecule has 5 aliphatic heterocycles. The zero-order chi connectivity index (χ0) is 73.0. The van der Waals surface area contributed by atoms with Crippen LogP contribution in [0, 0.1) is 0 Å². The van der Waals surface area contributed by atoms with Gasteiger partial charge in [0.25, 0.3) is 0 Å². The number of carboxylic acids is 2. The molecule has 0 aromatic heterocycles. The summed E-state index contributed by atoms with van der Waals surface area (Å²) in [4.78, 5) is 26.6. The Kier molecular flexibility index (Phi) is 29.0. The molecule has 13 N–H and O–H groups in total. The molecule has 5 fully saturated rings. The van der Waals surface area contributed by atoms with Crippen LogP contribution < -0.4 is 9.44 Å². The molecule has 0 aliphatic carbocycles. The molecule has 5 rings (SSSR count). The Morgan fingerprint density at radius 1 is 0.333 bits per heavy atom. The molecule has 0 radical (unpaired) electrons. The van der Waals surface area contributed by atoms with Gasteiger partial charge in [0.05, 0.1) is 19.8 Å². The zero-order valence-corrected chi connectivity index (χ0v) is 55.2. The van der Waals surface area contributed by atoms with Crippen LogP contribution in [0.1, 0.15) is 0 Å². The summed E-state index contributed by atoms with van der Waals surface area (Å²) < 4.78 is 387. The Morgan fingerprint density at radius 3 is 1.00 bits per heavy atom. The number of methoxy groups -OCH3 is 6. The average molecular weight is 1580 g/mol. The second-order valence-electron chi connectivity index (χ2n) is 19.6. The number of aliphatic hydroxyl groups excluding tert-OH is 1. The topological polar surface area (TPSA) is 748 Å². The van der Waals surface area contributed by atoms with Crippen molar-refractivity contribution in [2.45, 2.75) is 153 Å². The molecule has 1 unspecified atom stereocenters. The van der Waals surface area contributed by atoms with E-state index in [0.717, 1.165) is 28.4 Å². The van der Waals surface area contributed by atoms with Crippen LogP contribution in [0.15, 0.2) is 0 Å². The molecular weight excluding hydrogens is 1520 g/mol. The minimum absolute atomic E-state index is 0.521. The lowest BCUT2D eigenvalue weighted by atomic mass is 9.94. The second-order valence-corrected chi connectivity index (χ2v) is 28.4. The predicted octanol–water partition coefficient (Wildman–Crippen LogP) is -10.1. The van der Waals surface area contributed by atoms with Crippen molar-refractivity contribution >= 4 is 94.9 Å². The Balaban J connectivity index is 1.66. The Labute approximate surface area is 542 Å². The number of ether oxygens (including phenoxy) is 15. The summed E-state index contributed by atoms with van der Waals surface area (Å²) >= 11 is 0. The molecule has 52 nitrogen and oxygen atoms in total. The maximum atomic E-state index is 13.3. The SMILES string of the molecule is COC1[C@@H](NS(=O)(=O)O)[C@@H](O[C@H]2[C@H](OC)[C@@H](OC)[C@H](O[C@H]3[C@H](OS(=O)(=O)O)[C@@H](OS(=O)(=O)O)[C@H](O[C@H]4[C@H](OC)[C@@H](OS(=O)(=O)O)[C@H](O[C@H]5[C@@H](OC)[C@H](NS(=O)(=O)O)[C@@H](O)O[C@H]5COS(=O)(=O)O)O[C@@H]4C(=O)O)O[C@H]3COS(=O)(=O)O)O[C@H]2C(=O)O)O[C@@H](COS(=O)(=O)O)[C@H]1OC. The van der Waals surface area contributed by atoms with Gasteiger partial charge in [-0.1, -0.05) is 0 Å². The number of carbonyl (C=O) groups is 2. The lowest BCUT2D eigenvalue weighted by Gasteiger charge is -2.51. The summed E-state index contributed by atoms with van der Waals surface area (Å²) in [6, 6.07) is -4.42. The highest BCUT2D eigenvalue weighted by Gasteiger charge is 2.62. The van der Waals surface area contributed by atoms with Crippen LogP contribution in [0.2, 0.25) is 0 Å². The number of rotatable bonds is 35. The minimum atomic E-state index is -6.31. The van der Waals surface area contributed by atoms with E-state index in [9.17, 15) is 129 Å². The number of hydrogen-bond acceptors (Lipinski definition) is 40. The van der Waals surface area contributed by atoms with Gasteiger partial charge in [-0.05, 0) is 0 Å². The van der Waals surface area contributed by atoms with E-state index in [2.05, 4.69) is 20.9 Å². The number of aliphatic carboxylic acids is 2. The summed E-state index contributed by atoms with van der Waals surface area (Å²) in [7, 11) is -41.7. The van der Waals surface area contributed by atoms with Crippen LogP contribution >= 0.6 is 0 Å². The summed E-state index contributed by atoms with van der Waals surface area (Å²) in [6.07, 6.45) is -59.4. The van der Waals surface area contributed by atoms with Crippen molar-refractivity contribution in [3.8, 4) is 0 Å². The largest absolute Gasteiger partial charge is 0.479 e. The minimum Gasteiger partial charge on any atom is -0.479 e. The molecule has 0 saturated carbocycles. The van der Waals surface area contributed by atoms with Crippen LogP contribution in [0.5, 0.6) is 0 Å². The first-order valence-electron chi connectivity index (χ1n) is 25.4.